The average Bonchev–Trinajstić information content (AvgIpc) is 2.16. The predicted molar refractivity (Wildman–Crippen MR) is 64.7 cm³/mol. The Morgan fingerprint density at radius 3 is 2.25 bits per heavy atom. The molecule has 0 radical (unpaired) electrons. The van der Waals surface area contributed by atoms with Crippen LogP contribution in [0.1, 0.15) is 19.4 Å². The summed E-state index contributed by atoms with van der Waals surface area (Å²) in [7, 11) is 0. The molecule has 0 spiro atoms. The summed E-state index contributed by atoms with van der Waals surface area (Å²) in [6.45, 7) is 4.44. The van der Waals surface area contributed by atoms with Gasteiger partial charge in [-0.25, -0.2) is 8.78 Å². The second kappa shape index (κ2) is 6.21. The first kappa shape index (κ1) is 13.5. The number of halogens is 2. The minimum absolute atomic E-state index is 0.120. The van der Waals surface area contributed by atoms with E-state index in [1.807, 2.05) is 13.8 Å². The van der Waals surface area contributed by atoms with Gasteiger partial charge in [0.25, 0.3) is 0 Å². The predicted octanol–water partition coefficient (Wildman–Crippen LogP) is 3.21. The lowest BCUT2D eigenvalue weighted by molar-refractivity contribution is 0.536. The van der Waals surface area contributed by atoms with E-state index >= 15 is 0 Å². The van der Waals surface area contributed by atoms with Crippen molar-refractivity contribution in [1.29, 1.82) is 0 Å². The van der Waals surface area contributed by atoms with Crippen molar-refractivity contribution in [2.75, 3.05) is 12.3 Å². The summed E-state index contributed by atoms with van der Waals surface area (Å²) in [5.74, 6) is 0.167. The summed E-state index contributed by atoms with van der Waals surface area (Å²) >= 11 is 1.23. The molecule has 0 aliphatic rings. The zero-order valence-corrected chi connectivity index (χ0v) is 10.4. The van der Waals surface area contributed by atoms with Crippen LogP contribution in [0.4, 0.5) is 8.78 Å². The maximum atomic E-state index is 13.6. The van der Waals surface area contributed by atoms with E-state index in [0.717, 1.165) is 0 Å². The van der Waals surface area contributed by atoms with E-state index in [4.69, 9.17) is 5.73 Å². The molecular formula is C12H17F2NS. The highest BCUT2D eigenvalue weighted by atomic mass is 32.2. The summed E-state index contributed by atoms with van der Waals surface area (Å²) in [6.07, 6.45) is 0.503. The van der Waals surface area contributed by atoms with Crippen molar-refractivity contribution < 1.29 is 8.78 Å². The summed E-state index contributed by atoms with van der Waals surface area (Å²) in [5, 5.41) is 0. The van der Waals surface area contributed by atoms with Gasteiger partial charge in [-0.1, -0.05) is 13.8 Å². The Bertz CT molecular complexity index is 330. The summed E-state index contributed by atoms with van der Waals surface area (Å²) in [6, 6.07) is 2.75. The second-order valence-corrected chi connectivity index (χ2v) is 5.16. The van der Waals surface area contributed by atoms with Gasteiger partial charge in [-0.05, 0) is 36.6 Å². The van der Waals surface area contributed by atoms with Crippen molar-refractivity contribution in [2.45, 2.75) is 25.2 Å². The van der Waals surface area contributed by atoms with Gasteiger partial charge < -0.3 is 5.73 Å². The van der Waals surface area contributed by atoms with Gasteiger partial charge in [0.15, 0.2) is 0 Å². The molecule has 90 valence electrons. The second-order valence-electron chi connectivity index (χ2n) is 4.13. The molecule has 4 heteroatoms. The van der Waals surface area contributed by atoms with Gasteiger partial charge in [0, 0.05) is 5.75 Å². The highest BCUT2D eigenvalue weighted by Crippen LogP contribution is 2.27. The smallest absolute Gasteiger partial charge is 0.140 e. The van der Waals surface area contributed by atoms with Gasteiger partial charge in [0.2, 0.25) is 0 Å². The molecule has 0 amide bonds. The largest absolute Gasteiger partial charge is 0.330 e. The molecule has 0 fully saturated rings. The van der Waals surface area contributed by atoms with Crippen LogP contribution >= 0.6 is 11.8 Å². The Kier molecular flexibility index (Phi) is 5.22. The fraction of sp³-hybridized carbons (Fsp3) is 0.500. The third-order valence-electron chi connectivity index (χ3n) is 2.05. The van der Waals surface area contributed by atoms with Gasteiger partial charge >= 0.3 is 0 Å². The van der Waals surface area contributed by atoms with E-state index in [1.54, 1.807) is 0 Å². The Labute approximate surface area is 99.4 Å². The lowest BCUT2D eigenvalue weighted by Crippen LogP contribution is -2.04. The van der Waals surface area contributed by atoms with Crippen LogP contribution in [0.3, 0.4) is 0 Å². The normalized spacial score (nSPS) is 11.1. The summed E-state index contributed by atoms with van der Waals surface area (Å²) in [4.78, 5) is 0.120. The molecule has 0 aliphatic heterocycles. The molecule has 0 atom stereocenters. The zero-order valence-electron chi connectivity index (χ0n) is 9.59. The van der Waals surface area contributed by atoms with Gasteiger partial charge in [0.05, 0.1) is 4.90 Å². The first-order chi connectivity index (χ1) is 7.54. The molecule has 0 saturated heterocycles. The average molecular weight is 245 g/mol. The molecule has 0 bridgehead atoms. The molecule has 0 unspecified atom stereocenters. The van der Waals surface area contributed by atoms with Crippen LogP contribution in [0.2, 0.25) is 0 Å². The Morgan fingerprint density at radius 1 is 1.25 bits per heavy atom. The van der Waals surface area contributed by atoms with Crippen molar-refractivity contribution in [3.63, 3.8) is 0 Å². The lowest BCUT2D eigenvalue weighted by atomic mass is 10.1. The Morgan fingerprint density at radius 2 is 1.81 bits per heavy atom. The van der Waals surface area contributed by atoms with E-state index in [-0.39, 0.29) is 4.90 Å². The van der Waals surface area contributed by atoms with E-state index in [1.165, 1.54) is 23.9 Å². The van der Waals surface area contributed by atoms with Crippen LogP contribution in [-0.4, -0.2) is 12.3 Å². The van der Waals surface area contributed by atoms with Gasteiger partial charge in [-0.2, -0.15) is 0 Å². The summed E-state index contributed by atoms with van der Waals surface area (Å²) in [5.41, 5.74) is 5.96. The SMILES string of the molecule is CC(C)CSc1c(F)cc(CCN)cc1F. The van der Waals surface area contributed by atoms with E-state index < -0.39 is 11.6 Å². The molecule has 0 saturated carbocycles. The fourth-order valence-electron chi connectivity index (χ4n) is 1.31. The highest BCUT2D eigenvalue weighted by molar-refractivity contribution is 7.99. The van der Waals surface area contributed by atoms with Crippen LogP contribution in [-0.2, 0) is 6.42 Å². The number of benzene rings is 1. The van der Waals surface area contributed by atoms with E-state index in [2.05, 4.69) is 0 Å². The van der Waals surface area contributed by atoms with E-state index in [0.29, 0.717) is 30.2 Å². The Balaban J connectivity index is 2.85. The highest BCUT2D eigenvalue weighted by Gasteiger charge is 2.12. The molecule has 1 rings (SSSR count). The van der Waals surface area contributed by atoms with Crippen LogP contribution in [0.15, 0.2) is 17.0 Å². The molecular weight excluding hydrogens is 228 g/mol. The molecule has 2 N–H and O–H groups in total. The fourth-order valence-corrected chi connectivity index (χ4v) is 2.20. The van der Waals surface area contributed by atoms with Crippen molar-refractivity contribution in [3.05, 3.63) is 29.3 Å². The molecule has 16 heavy (non-hydrogen) atoms. The molecule has 1 nitrogen and oxygen atoms in total. The number of hydrogen-bond acceptors (Lipinski definition) is 2. The summed E-state index contributed by atoms with van der Waals surface area (Å²) < 4.78 is 27.2. The van der Waals surface area contributed by atoms with Gasteiger partial charge in [0.1, 0.15) is 11.6 Å². The van der Waals surface area contributed by atoms with Crippen molar-refractivity contribution >= 4 is 11.8 Å². The first-order valence-corrected chi connectivity index (χ1v) is 6.34. The maximum Gasteiger partial charge on any atom is 0.140 e. The quantitative estimate of drug-likeness (QED) is 0.806. The van der Waals surface area contributed by atoms with Crippen molar-refractivity contribution in [1.82, 2.24) is 0 Å². The van der Waals surface area contributed by atoms with Crippen LogP contribution < -0.4 is 5.73 Å². The number of rotatable bonds is 5. The van der Waals surface area contributed by atoms with Crippen molar-refractivity contribution in [2.24, 2.45) is 11.7 Å². The van der Waals surface area contributed by atoms with Gasteiger partial charge in [-0.15, -0.1) is 11.8 Å². The monoisotopic (exact) mass is 245 g/mol. The third kappa shape index (κ3) is 3.76. The topological polar surface area (TPSA) is 26.0 Å². The molecule has 0 heterocycles. The standard InChI is InChI=1S/C12H17F2NS/c1-8(2)7-16-12-10(13)5-9(3-4-15)6-11(12)14/h5-6,8H,3-4,7,15H2,1-2H3. The molecule has 0 aromatic heterocycles. The van der Waals surface area contributed by atoms with Crippen LogP contribution in [0.5, 0.6) is 0 Å². The first-order valence-electron chi connectivity index (χ1n) is 5.35. The zero-order chi connectivity index (χ0) is 12.1. The number of nitrogens with two attached hydrogens (primary N) is 1. The van der Waals surface area contributed by atoms with E-state index in [9.17, 15) is 8.78 Å². The molecule has 1 aromatic rings. The van der Waals surface area contributed by atoms with Crippen LogP contribution in [0, 0.1) is 17.6 Å². The van der Waals surface area contributed by atoms with Crippen molar-refractivity contribution in [3.8, 4) is 0 Å². The minimum Gasteiger partial charge on any atom is -0.330 e. The third-order valence-corrected chi connectivity index (χ3v) is 3.56. The molecule has 1 aromatic carbocycles. The number of thioether (sulfide) groups is 1. The Hall–Kier alpha value is -0.610. The van der Waals surface area contributed by atoms with Crippen LogP contribution in [0.25, 0.3) is 0 Å². The minimum atomic E-state index is -0.478. The number of hydrogen-bond donors (Lipinski definition) is 1. The van der Waals surface area contributed by atoms with Gasteiger partial charge in [-0.3, -0.25) is 0 Å². The molecule has 0 aliphatic carbocycles. The lowest BCUT2D eigenvalue weighted by Gasteiger charge is -2.08. The maximum absolute atomic E-state index is 13.6.